The molecule has 3 heterocycles. The Bertz CT molecular complexity index is 1060. The number of rotatable bonds is 5. The predicted molar refractivity (Wildman–Crippen MR) is 96.5 cm³/mol. The van der Waals surface area contributed by atoms with Crippen molar-refractivity contribution in [3.8, 4) is 0 Å². The summed E-state index contributed by atoms with van der Waals surface area (Å²) in [5.74, 6) is 1.30. The molecule has 0 aliphatic heterocycles. The topological polar surface area (TPSA) is 101 Å². The van der Waals surface area contributed by atoms with Crippen LogP contribution in [-0.2, 0) is 17.8 Å². The molecule has 0 fully saturated rings. The number of carbonyl (C=O) groups is 1. The van der Waals surface area contributed by atoms with Gasteiger partial charge in [-0.05, 0) is 38.0 Å². The maximum Gasteiger partial charge on any atom is 0.252 e. The molecule has 0 saturated heterocycles. The number of aryl methyl sites for hydroxylation is 2. The van der Waals surface area contributed by atoms with Gasteiger partial charge < -0.3 is 10.3 Å². The summed E-state index contributed by atoms with van der Waals surface area (Å²) in [5.41, 5.74) is 4.75. The third kappa shape index (κ3) is 3.01. The summed E-state index contributed by atoms with van der Waals surface area (Å²) in [4.78, 5) is 28.4. The molecule has 0 spiro atoms. The number of aromatic amines is 1. The minimum atomic E-state index is -0.0251. The van der Waals surface area contributed by atoms with Crippen molar-refractivity contribution < 1.29 is 4.79 Å². The Morgan fingerprint density at radius 2 is 2.08 bits per heavy atom. The molecule has 3 aromatic heterocycles. The highest BCUT2D eigenvalue weighted by atomic mass is 16.1. The Balaban J connectivity index is 1.39. The number of benzene rings is 1. The lowest BCUT2D eigenvalue weighted by molar-refractivity contribution is -0.121. The van der Waals surface area contributed by atoms with Crippen molar-refractivity contribution >= 4 is 22.7 Å². The quantitative estimate of drug-likeness (QED) is 0.573. The van der Waals surface area contributed by atoms with Gasteiger partial charge in [-0.25, -0.2) is 14.5 Å². The lowest BCUT2D eigenvalue weighted by Gasteiger charge is -2.10. The van der Waals surface area contributed by atoms with Gasteiger partial charge in [-0.1, -0.05) is 12.1 Å². The summed E-state index contributed by atoms with van der Waals surface area (Å²) in [6.07, 6.45) is 2.47. The Labute approximate surface area is 149 Å². The summed E-state index contributed by atoms with van der Waals surface area (Å²) in [6.45, 7) is 4.28. The number of imidazole rings is 1. The first kappa shape index (κ1) is 16.2. The number of hydrogen-bond acceptors (Lipinski definition) is 5. The molecule has 0 aliphatic carbocycles. The van der Waals surface area contributed by atoms with Gasteiger partial charge in [0.2, 0.25) is 5.91 Å². The van der Waals surface area contributed by atoms with Crippen molar-refractivity contribution in [3.63, 3.8) is 0 Å². The number of hydrogen-bond donors (Lipinski definition) is 2. The molecule has 132 valence electrons. The van der Waals surface area contributed by atoms with Gasteiger partial charge >= 0.3 is 0 Å². The number of para-hydroxylation sites is 2. The molecule has 8 heteroatoms. The average Bonchev–Trinajstić information content (AvgIpc) is 3.25. The first-order valence-corrected chi connectivity index (χ1v) is 8.48. The van der Waals surface area contributed by atoms with E-state index in [1.54, 1.807) is 4.52 Å². The molecule has 0 bridgehead atoms. The molecule has 0 radical (unpaired) electrons. The highest BCUT2D eigenvalue weighted by molar-refractivity contribution is 5.77. The summed E-state index contributed by atoms with van der Waals surface area (Å²) in [7, 11) is 0. The largest absolute Gasteiger partial charge is 0.349 e. The van der Waals surface area contributed by atoms with Crippen LogP contribution in [0.5, 0.6) is 0 Å². The molecule has 1 aromatic carbocycles. The molecule has 0 unspecified atom stereocenters. The van der Waals surface area contributed by atoms with Gasteiger partial charge in [0.15, 0.2) is 0 Å². The second kappa shape index (κ2) is 6.55. The number of nitrogens with zero attached hydrogens (tertiary/aromatic N) is 5. The van der Waals surface area contributed by atoms with Crippen molar-refractivity contribution in [1.82, 2.24) is 34.9 Å². The van der Waals surface area contributed by atoms with Gasteiger partial charge in [-0.15, -0.1) is 0 Å². The number of amides is 1. The Hall–Kier alpha value is -3.29. The van der Waals surface area contributed by atoms with E-state index in [2.05, 4.69) is 30.4 Å². The number of aromatic nitrogens is 6. The minimum Gasteiger partial charge on any atom is -0.349 e. The summed E-state index contributed by atoms with van der Waals surface area (Å²) in [5, 5.41) is 7.09. The smallest absolute Gasteiger partial charge is 0.252 e. The van der Waals surface area contributed by atoms with Crippen LogP contribution in [0.25, 0.3) is 16.8 Å². The van der Waals surface area contributed by atoms with E-state index in [0.29, 0.717) is 25.2 Å². The zero-order chi connectivity index (χ0) is 18.1. The maximum absolute atomic E-state index is 12.2. The number of nitrogens with one attached hydrogen (secondary N) is 2. The van der Waals surface area contributed by atoms with Crippen molar-refractivity contribution in [2.24, 2.45) is 0 Å². The Morgan fingerprint density at radius 3 is 2.92 bits per heavy atom. The number of fused-ring (bicyclic) bond motifs is 2. The fourth-order valence-electron chi connectivity index (χ4n) is 3.12. The summed E-state index contributed by atoms with van der Waals surface area (Å²) >= 11 is 0. The monoisotopic (exact) mass is 349 g/mol. The van der Waals surface area contributed by atoms with Crippen LogP contribution in [0.15, 0.2) is 30.6 Å². The Kier molecular flexibility index (Phi) is 4.08. The molecular weight excluding hydrogens is 330 g/mol. The molecule has 0 atom stereocenters. The molecule has 26 heavy (non-hydrogen) atoms. The molecule has 4 rings (SSSR count). The third-order valence-electron chi connectivity index (χ3n) is 4.48. The fourth-order valence-corrected chi connectivity index (χ4v) is 3.12. The Morgan fingerprint density at radius 1 is 1.23 bits per heavy atom. The van der Waals surface area contributed by atoms with Gasteiger partial charge in [-0.2, -0.15) is 10.1 Å². The molecule has 0 aliphatic rings. The number of H-pyrrole nitrogens is 1. The highest BCUT2D eigenvalue weighted by Crippen LogP contribution is 2.15. The zero-order valence-electron chi connectivity index (χ0n) is 14.7. The van der Waals surface area contributed by atoms with Crippen LogP contribution >= 0.6 is 0 Å². The van der Waals surface area contributed by atoms with Crippen LogP contribution in [0, 0.1) is 13.8 Å². The summed E-state index contributed by atoms with van der Waals surface area (Å²) in [6, 6.07) is 7.80. The molecule has 4 aromatic rings. The molecular formula is C18H19N7O. The van der Waals surface area contributed by atoms with E-state index in [9.17, 15) is 4.79 Å². The van der Waals surface area contributed by atoms with E-state index in [1.165, 1.54) is 6.33 Å². The van der Waals surface area contributed by atoms with Gasteiger partial charge in [0.05, 0.1) is 17.6 Å². The SMILES string of the molecule is Cc1nc2ncnn2c(C)c1CCC(=O)NCc1nc2ccccc2[nH]1. The number of carbonyl (C=O) groups excluding carboxylic acids is 1. The second-order valence-electron chi connectivity index (χ2n) is 6.21. The van der Waals surface area contributed by atoms with E-state index >= 15 is 0 Å². The zero-order valence-corrected chi connectivity index (χ0v) is 14.7. The van der Waals surface area contributed by atoms with Crippen LogP contribution in [0.2, 0.25) is 0 Å². The second-order valence-corrected chi connectivity index (χ2v) is 6.21. The summed E-state index contributed by atoms with van der Waals surface area (Å²) < 4.78 is 1.70. The standard InChI is InChI=1S/C18H19N7O/c1-11-13(12(2)25-18(22-11)20-10-21-25)7-8-17(26)19-9-16-23-14-5-3-4-6-15(14)24-16/h3-6,10H,7-9H2,1-2H3,(H,19,26)(H,23,24). The van der Waals surface area contributed by atoms with E-state index in [4.69, 9.17) is 0 Å². The van der Waals surface area contributed by atoms with Crippen LogP contribution < -0.4 is 5.32 Å². The van der Waals surface area contributed by atoms with Crippen LogP contribution in [0.3, 0.4) is 0 Å². The molecule has 0 saturated carbocycles. The lowest BCUT2D eigenvalue weighted by Crippen LogP contribution is -2.24. The first-order chi connectivity index (χ1) is 12.6. The lowest BCUT2D eigenvalue weighted by atomic mass is 10.1. The van der Waals surface area contributed by atoms with Crippen molar-refractivity contribution in [2.45, 2.75) is 33.2 Å². The maximum atomic E-state index is 12.2. The van der Waals surface area contributed by atoms with Crippen LogP contribution in [-0.4, -0.2) is 35.5 Å². The van der Waals surface area contributed by atoms with Crippen molar-refractivity contribution in [2.75, 3.05) is 0 Å². The van der Waals surface area contributed by atoms with Crippen molar-refractivity contribution in [3.05, 3.63) is 53.4 Å². The van der Waals surface area contributed by atoms with E-state index < -0.39 is 0 Å². The highest BCUT2D eigenvalue weighted by Gasteiger charge is 2.13. The van der Waals surface area contributed by atoms with Crippen LogP contribution in [0.1, 0.15) is 29.2 Å². The van der Waals surface area contributed by atoms with Gasteiger partial charge in [0.25, 0.3) is 5.78 Å². The predicted octanol–water partition coefficient (Wildman–Crippen LogP) is 1.87. The van der Waals surface area contributed by atoms with Gasteiger partial charge in [0.1, 0.15) is 12.2 Å². The molecule has 1 amide bonds. The van der Waals surface area contributed by atoms with Crippen molar-refractivity contribution in [1.29, 1.82) is 0 Å². The minimum absolute atomic E-state index is 0.0251. The third-order valence-corrected chi connectivity index (χ3v) is 4.48. The fraction of sp³-hybridized carbons (Fsp3) is 0.278. The molecule has 8 nitrogen and oxygen atoms in total. The average molecular weight is 349 g/mol. The first-order valence-electron chi connectivity index (χ1n) is 8.48. The van der Waals surface area contributed by atoms with Gasteiger partial charge in [-0.3, -0.25) is 4.79 Å². The molecule has 2 N–H and O–H groups in total. The normalized spacial score (nSPS) is 11.3. The van der Waals surface area contributed by atoms with E-state index in [1.807, 2.05) is 38.1 Å². The van der Waals surface area contributed by atoms with Crippen LogP contribution in [0.4, 0.5) is 0 Å². The van der Waals surface area contributed by atoms with Gasteiger partial charge in [0, 0.05) is 17.8 Å². The van der Waals surface area contributed by atoms with E-state index in [0.717, 1.165) is 33.8 Å². The van der Waals surface area contributed by atoms with E-state index in [-0.39, 0.29) is 5.91 Å².